The summed E-state index contributed by atoms with van der Waals surface area (Å²) in [6.45, 7) is 0. The summed E-state index contributed by atoms with van der Waals surface area (Å²) in [7, 11) is 0. The fourth-order valence-corrected chi connectivity index (χ4v) is 7.14. The van der Waals surface area contributed by atoms with E-state index in [1.54, 1.807) is 0 Å². The van der Waals surface area contributed by atoms with Crippen molar-refractivity contribution in [2.75, 3.05) is 0 Å². The van der Waals surface area contributed by atoms with Gasteiger partial charge in [0, 0.05) is 50.6 Å². The maximum Gasteiger partial charge on any atom is 0.164 e. The van der Waals surface area contributed by atoms with Gasteiger partial charge in [-0.25, -0.2) is 15.0 Å². The zero-order valence-electron chi connectivity index (χ0n) is 25.8. The van der Waals surface area contributed by atoms with Gasteiger partial charge in [-0.2, -0.15) is 0 Å². The van der Waals surface area contributed by atoms with Crippen LogP contribution >= 0.6 is 0 Å². The number of aromatic nitrogens is 3. The van der Waals surface area contributed by atoms with Gasteiger partial charge in [0.05, 0.1) is 0 Å². The summed E-state index contributed by atoms with van der Waals surface area (Å²) in [6, 6.07) is 45.6. The highest BCUT2D eigenvalue weighted by atomic mass is 16.5. The van der Waals surface area contributed by atoms with Crippen LogP contribution in [0, 0.1) is 0 Å². The first-order valence-electron chi connectivity index (χ1n) is 16.2. The summed E-state index contributed by atoms with van der Waals surface area (Å²) in [6.07, 6.45) is 5.14. The Morgan fingerprint density at radius 2 is 1.27 bits per heavy atom. The molecule has 5 nitrogen and oxygen atoms in total. The zero-order valence-corrected chi connectivity index (χ0v) is 25.8. The summed E-state index contributed by atoms with van der Waals surface area (Å²) < 4.78 is 13.1. The molecule has 0 radical (unpaired) electrons. The van der Waals surface area contributed by atoms with Crippen LogP contribution in [0.15, 0.2) is 150 Å². The summed E-state index contributed by atoms with van der Waals surface area (Å²) in [5.41, 5.74) is 9.04. The standard InChI is InChI=1S/C43H27N3O2/c1-2-11-27(12-3-1)41-44-42(30-19-18-26-10-4-5-13-28(26)24-30)46-43(45-41)35-23-22-31(40-39(35)34-15-7-9-17-37(34)48-40)29-20-21-33-32-14-6-8-16-36(32)47-38(33)25-29/h1-24,38H,25H2. The molecule has 0 spiro atoms. The van der Waals surface area contributed by atoms with E-state index in [9.17, 15) is 0 Å². The van der Waals surface area contributed by atoms with Gasteiger partial charge in [-0.1, -0.05) is 121 Å². The summed E-state index contributed by atoms with van der Waals surface area (Å²) in [4.78, 5) is 15.2. The van der Waals surface area contributed by atoms with Gasteiger partial charge in [0.15, 0.2) is 17.5 Å². The number of hydrogen-bond donors (Lipinski definition) is 0. The molecule has 10 rings (SSSR count). The fourth-order valence-electron chi connectivity index (χ4n) is 7.14. The van der Waals surface area contributed by atoms with Crippen molar-refractivity contribution in [1.82, 2.24) is 15.0 Å². The predicted molar refractivity (Wildman–Crippen MR) is 192 cm³/mol. The first kappa shape index (κ1) is 26.8. The lowest BCUT2D eigenvalue weighted by molar-refractivity contribution is 0.281. The van der Waals surface area contributed by atoms with Crippen LogP contribution in [0.2, 0.25) is 0 Å². The van der Waals surface area contributed by atoms with E-state index in [0.717, 1.165) is 61.7 Å². The second-order valence-corrected chi connectivity index (χ2v) is 12.3. The molecule has 0 N–H and O–H groups in total. The topological polar surface area (TPSA) is 61.0 Å². The molecule has 6 aromatic carbocycles. The minimum atomic E-state index is -0.0250. The molecule has 0 fully saturated rings. The zero-order chi connectivity index (χ0) is 31.6. The van der Waals surface area contributed by atoms with Gasteiger partial charge in [-0.3, -0.25) is 0 Å². The third-order valence-electron chi connectivity index (χ3n) is 9.47. The molecule has 0 saturated heterocycles. The normalized spacial score (nSPS) is 15.2. The van der Waals surface area contributed by atoms with Gasteiger partial charge in [0.25, 0.3) is 0 Å². The Kier molecular flexibility index (Phi) is 5.93. The lowest BCUT2D eigenvalue weighted by Gasteiger charge is -2.19. The molecule has 1 aliphatic heterocycles. The van der Waals surface area contributed by atoms with E-state index in [-0.39, 0.29) is 6.10 Å². The first-order valence-corrected chi connectivity index (χ1v) is 16.2. The van der Waals surface area contributed by atoms with E-state index in [0.29, 0.717) is 17.5 Å². The van der Waals surface area contributed by atoms with Gasteiger partial charge < -0.3 is 9.15 Å². The lowest BCUT2D eigenvalue weighted by atomic mass is 9.88. The van der Waals surface area contributed by atoms with Crippen molar-refractivity contribution in [2.24, 2.45) is 0 Å². The van der Waals surface area contributed by atoms with E-state index < -0.39 is 0 Å². The highest BCUT2D eigenvalue weighted by molar-refractivity contribution is 6.14. The Morgan fingerprint density at radius 1 is 0.542 bits per heavy atom. The Morgan fingerprint density at radius 3 is 2.19 bits per heavy atom. The third-order valence-corrected chi connectivity index (χ3v) is 9.47. The molecule has 0 amide bonds. The molecule has 8 aromatic rings. The number of benzene rings is 6. The average Bonchev–Trinajstić information content (AvgIpc) is 3.73. The average molecular weight is 618 g/mol. The first-order chi connectivity index (χ1) is 23.8. The Bertz CT molecular complexity index is 2630. The lowest BCUT2D eigenvalue weighted by Crippen LogP contribution is -2.15. The highest BCUT2D eigenvalue weighted by Crippen LogP contribution is 2.46. The van der Waals surface area contributed by atoms with Crippen LogP contribution in [0.3, 0.4) is 0 Å². The molecule has 2 aliphatic rings. The smallest absolute Gasteiger partial charge is 0.164 e. The van der Waals surface area contributed by atoms with Crippen LogP contribution in [0.1, 0.15) is 17.5 Å². The molecule has 1 atom stereocenters. The molecular weight excluding hydrogens is 590 g/mol. The van der Waals surface area contributed by atoms with Crippen molar-refractivity contribution in [2.45, 2.75) is 12.5 Å². The monoisotopic (exact) mass is 617 g/mol. The number of fused-ring (bicyclic) bond motifs is 7. The second-order valence-electron chi connectivity index (χ2n) is 12.3. The third kappa shape index (κ3) is 4.28. The predicted octanol–water partition coefficient (Wildman–Crippen LogP) is 10.6. The van der Waals surface area contributed by atoms with Crippen LogP contribution in [-0.4, -0.2) is 21.1 Å². The summed E-state index contributed by atoms with van der Waals surface area (Å²) in [5, 5.41) is 4.32. The van der Waals surface area contributed by atoms with Crippen molar-refractivity contribution in [3.8, 4) is 39.9 Å². The van der Waals surface area contributed by atoms with Gasteiger partial charge in [-0.15, -0.1) is 0 Å². The molecule has 1 unspecified atom stereocenters. The molecule has 2 aromatic heterocycles. The number of allylic oxidation sites excluding steroid dienone is 2. The van der Waals surface area contributed by atoms with Crippen LogP contribution in [0.25, 0.3) is 78.0 Å². The highest BCUT2D eigenvalue weighted by Gasteiger charge is 2.32. The number of ether oxygens (including phenoxy) is 1. The van der Waals surface area contributed by atoms with Crippen LogP contribution < -0.4 is 4.74 Å². The number of para-hydroxylation sites is 2. The number of hydrogen-bond acceptors (Lipinski definition) is 5. The van der Waals surface area contributed by atoms with Gasteiger partial charge in [0.2, 0.25) is 0 Å². The van der Waals surface area contributed by atoms with Gasteiger partial charge in [0.1, 0.15) is 23.0 Å². The maximum atomic E-state index is 6.68. The molecule has 1 aliphatic carbocycles. The second kappa shape index (κ2) is 10.6. The SMILES string of the molecule is C1=C(c2ccc(-c3nc(-c4ccccc4)nc(-c4ccc5ccccc5c4)n3)c3c2oc2ccccc23)CC2Oc3ccccc3C2=C1. The molecule has 0 bridgehead atoms. The molecular formula is C43H27N3O2. The number of rotatable bonds is 4. The van der Waals surface area contributed by atoms with E-state index in [2.05, 4.69) is 91.0 Å². The number of nitrogens with zero attached hydrogens (tertiary/aromatic N) is 3. The van der Waals surface area contributed by atoms with Crippen molar-refractivity contribution in [3.63, 3.8) is 0 Å². The van der Waals surface area contributed by atoms with E-state index in [1.165, 1.54) is 22.1 Å². The fraction of sp³-hybridized carbons (Fsp3) is 0.0465. The molecule has 3 heterocycles. The number of furan rings is 1. The van der Waals surface area contributed by atoms with Crippen LogP contribution in [0.5, 0.6) is 5.75 Å². The van der Waals surface area contributed by atoms with Gasteiger partial charge >= 0.3 is 0 Å². The molecule has 5 heteroatoms. The molecule has 48 heavy (non-hydrogen) atoms. The minimum Gasteiger partial charge on any atom is -0.485 e. The largest absolute Gasteiger partial charge is 0.485 e. The van der Waals surface area contributed by atoms with Crippen molar-refractivity contribution >= 4 is 43.9 Å². The minimum absolute atomic E-state index is 0.0250. The van der Waals surface area contributed by atoms with Crippen molar-refractivity contribution in [1.29, 1.82) is 0 Å². The summed E-state index contributed by atoms with van der Waals surface area (Å²) in [5.74, 6) is 2.79. The van der Waals surface area contributed by atoms with Crippen LogP contribution in [0.4, 0.5) is 0 Å². The maximum absolute atomic E-state index is 6.68. The Hall–Kier alpha value is -6.33. The summed E-state index contributed by atoms with van der Waals surface area (Å²) >= 11 is 0. The van der Waals surface area contributed by atoms with Crippen molar-refractivity contribution < 1.29 is 9.15 Å². The van der Waals surface area contributed by atoms with E-state index >= 15 is 0 Å². The van der Waals surface area contributed by atoms with E-state index in [1.807, 2.05) is 54.6 Å². The Labute approximate surface area is 276 Å². The Balaban J connectivity index is 1.17. The van der Waals surface area contributed by atoms with Gasteiger partial charge in [-0.05, 0) is 40.6 Å². The molecule has 226 valence electrons. The van der Waals surface area contributed by atoms with Crippen LogP contribution in [-0.2, 0) is 0 Å². The quantitative estimate of drug-likeness (QED) is 0.197. The van der Waals surface area contributed by atoms with E-state index in [4.69, 9.17) is 24.1 Å². The van der Waals surface area contributed by atoms with Crippen molar-refractivity contribution in [3.05, 3.63) is 157 Å². The molecule has 0 saturated carbocycles.